The molecule has 5 heteroatoms. The van der Waals surface area contributed by atoms with E-state index in [0.29, 0.717) is 17.7 Å². The largest absolute Gasteiger partial charge is 0.465 e. The Morgan fingerprint density at radius 3 is 2.33 bits per heavy atom. The van der Waals surface area contributed by atoms with E-state index in [0.717, 1.165) is 6.42 Å². The lowest BCUT2D eigenvalue weighted by molar-refractivity contribution is -0.131. The van der Waals surface area contributed by atoms with Gasteiger partial charge in [0.05, 0.1) is 23.8 Å². The molecule has 0 aromatic heterocycles. The van der Waals surface area contributed by atoms with E-state index in [1.165, 1.54) is 7.11 Å². The molecule has 2 aliphatic carbocycles. The van der Waals surface area contributed by atoms with Gasteiger partial charge in [0, 0.05) is 11.8 Å². The first-order valence-electron chi connectivity index (χ1n) is 8.22. The maximum Gasteiger partial charge on any atom is 0.339 e. The molecule has 1 amide bonds. The highest BCUT2D eigenvalue weighted by Gasteiger charge is 2.72. The second-order valence-electron chi connectivity index (χ2n) is 7.63. The molecule has 2 fully saturated rings. The van der Waals surface area contributed by atoms with Crippen molar-refractivity contribution in [2.75, 3.05) is 12.4 Å². The topological polar surface area (TPSA) is 72.5 Å². The minimum Gasteiger partial charge on any atom is -0.465 e. The number of amides is 1. The van der Waals surface area contributed by atoms with Crippen LogP contribution in [-0.4, -0.2) is 24.8 Å². The zero-order valence-electron chi connectivity index (χ0n) is 14.6. The minimum atomic E-state index is -0.720. The molecule has 1 N–H and O–H groups in total. The SMILES string of the molecule is COC(=O)c1ccccc1NC(=O)[C@]12CC[C@@](C)(C(=O)C1)C2(C)C. The molecule has 0 saturated heterocycles. The van der Waals surface area contributed by atoms with Crippen LogP contribution < -0.4 is 5.32 Å². The number of ether oxygens (including phenoxy) is 1. The van der Waals surface area contributed by atoms with Gasteiger partial charge in [-0.05, 0) is 30.4 Å². The lowest BCUT2D eigenvalue weighted by atomic mass is 9.64. The lowest BCUT2D eigenvalue weighted by Gasteiger charge is -2.38. The Morgan fingerprint density at radius 1 is 1.12 bits per heavy atom. The summed E-state index contributed by atoms with van der Waals surface area (Å²) in [7, 11) is 1.31. The number of esters is 1. The van der Waals surface area contributed by atoms with Gasteiger partial charge in [-0.3, -0.25) is 9.59 Å². The molecule has 0 spiro atoms. The number of Topliss-reactive ketones (excluding diaryl/α,β-unsaturated/α-hetero) is 1. The number of para-hydroxylation sites is 1. The molecule has 3 rings (SSSR count). The van der Waals surface area contributed by atoms with E-state index in [1.54, 1.807) is 24.3 Å². The van der Waals surface area contributed by atoms with Gasteiger partial charge in [-0.25, -0.2) is 4.79 Å². The van der Waals surface area contributed by atoms with E-state index in [2.05, 4.69) is 5.32 Å². The van der Waals surface area contributed by atoms with E-state index in [9.17, 15) is 14.4 Å². The molecule has 2 atom stereocenters. The number of carbonyl (C=O) groups excluding carboxylic acids is 3. The number of nitrogens with one attached hydrogen (secondary N) is 1. The van der Waals surface area contributed by atoms with Gasteiger partial charge in [-0.2, -0.15) is 0 Å². The van der Waals surface area contributed by atoms with Crippen molar-refractivity contribution in [1.29, 1.82) is 0 Å². The van der Waals surface area contributed by atoms with Gasteiger partial charge in [0.2, 0.25) is 5.91 Å². The summed E-state index contributed by atoms with van der Waals surface area (Å²) in [5.41, 5.74) is -0.851. The highest BCUT2D eigenvalue weighted by molar-refractivity contribution is 6.07. The van der Waals surface area contributed by atoms with Crippen molar-refractivity contribution in [3.63, 3.8) is 0 Å². The number of hydrogen-bond donors (Lipinski definition) is 1. The number of fused-ring (bicyclic) bond motifs is 2. The summed E-state index contributed by atoms with van der Waals surface area (Å²) in [6.45, 7) is 5.99. The van der Waals surface area contributed by atoms with Gasteiger partial charge >= 0.3 is 5.97 Å². The van der Waals surface area contributed by atoms with Gasteiger partial charge < -0.3 is 10.1 Å². The Balaban J connectivity index is 1.95. The Bertz CT molecular complexity index is 739. The molecule has 2 bridgehead atoms. The van der Waals surface area contributed by atoms with E-state index >= 15 is 0 Å². The summed E-state index contributed by atoms with van der Waals surface area (Å²) in [5.74, 6) is -0.519. The van der Waals surface area contributed by atoms with Gasteiger partial charge in [0.25, 0.3) is 0 Å². The van der Waals surface area contributed by atoms with Crippen LogP contribution in [0.15, 0.2) is 24.3 Å². The van der Waals surface area contributed by atoms with Crippen molar-refractivity contribution in [1.82, 2.24) is 0 Å². The lowest BCUT2D eigenvalue weighted by Crippen LogP contribution is -2.43. The van der Waals surface area contributed by atoms with Crippen molar-refractivity contribution in [3.05, 3.63) is 29.8 Å². The molecule has 2 saturated carbocycles. The minimum absolute atomic E-state index is 0.162. The van der Waals surface area contributed by atoms with Crippen LogP contribution in [0.3, 0.4) is 0 Å². The van der Waals surface area contributed by atoms with E-state index < -0.39 is 22.2 Å². The van der Waals surface area contributed by atoms with Crippen LogP contribution in [-0.2, 0) is 14.3 Å². The molecule has 0 radical (unpaired) electrons. The molecule has 2 aliphatic rings. The summed E-state index contributed by atoms with van der Waals surface area (Å²) in [6, 6.07) is 6.76. The first-order chi connectivity index (χ1) is 11.2. The molecule has 24 heavy (non-hydrogen) atoms. The van der Waals surface area contributed by atoms with Crippen LogP contribution in [0.25, 0.3) is 0 Å². The summed E-state index contributed by atoms with van der Waals surface area (Å²) in [4.78, 5) is 37.5. The standard InChI is InChI=1S/C19H23NO4/c1-17(2)18(3)9-10-19(17,11-14(18)21)16(23)20-13-8-6-5-7-12(13)15(22)24-4/h5-8H,9-11H2,1-4H3,(H,20,23)/t18-,19-/m0/s1. The number of carbonyl (C=O) groups is 3. The van der Waals surface area contributed by atoms with Gasteiger partial charge in [-0.15, -0.1) is 0 Å². The Kier molecular flexibility index (Phi) is 3.59. The molecule has 1 aromatic carbocycles. The smallest absolute Gasteiger partial charge is 0.339 e. The molecular formula is C19H23NO4. The Hall–Kier alpha value is -2.17. The third-order valence-electron chi connectivity index (χ3n) is 6.72. The van der Waals surface area contributed by atoms with Crippen molar-refractivity contribution < 1.29 is 19.1 Å². The normalized spacial score (nSPS) is 30.2. The van der Waals surface area contributed by atoms with E-state index in [1.807, 2.05) is 20.8 Å². The summed E-state index contributed by atoms with van der Waals surface area (Å²) >= 11 is 0. The quantitative estimate of drug-likeness (QED) is 0.864. The molecule has 5 nitrogen and oxygen atoms in total. The third kappa shape index (κ3) is 1.90. The number of hydrogen-bond acceptors (Lipinski definition) is 4. The average molecular weight is 329 g/mol. The molecule has 0 unspecified atom stereocenters. The first-order valence-corrected chi connectivity index (χ1v) is 8.22. The Labute approximate surface area is 141 Å². The summed E-state index contributed by atoms with van der Waals surface area (Å²) in [6.07, 6.45) is 1.68. The summed E-state index contributed by atoms with van der Waals surface area (Å²) < 4.78 is 4.77. The van der Waals surface area contributed by atoms with Crippen molar-refractivity contribution in [3.8, 4) is 0 Å². The molecule has 1 aromatic rings. The molecular weight excluding hydrogens is 306 g/mol. The van der Waals surface area contributed by atoms with Crippen LogP contribution in [0.1, 0.15) is 50.4 Å². The zero-order valence-corrected chi connectivity index (χ0v) is 14.6. The fraction of sp³-hybridized carbons (Fsp3) is 0.526. The number of benzene rings is 1. The maximum atomic E-state index is 13.1. The van der Waals surface area contributed by atoms with Gasteiger partial charge in [0.15, 0.2) is 0 Å². The van der Waals surface area contributed by atoms with Crippen LogP contribution in [0.2, 0.25) is 0 Å². The monoisotopic (exact) mass is 329 g/mol. The second kappa shape index (κ2) is 5.16. The predicted molar refractivity (Wildman–Crippen MR) is 89.6 cm³/mol. The van der Waals surface area contributed by atoms with Gasteiger partial charge in [0.1, 0.15) is 5.78 Å². The third-order valence-corrected chi connectivity index (χ3v) is 6.72. The average Bonchev–Trinajstić information content (AvgIpc) is 2.85. The van der Waals surface area contributed by atoms with Crippen LogP contribution in [0.5, 0.6) is 0 Å². The number of rotatable bonds is 3. The number of methoxy groups -OCH3 is 1. The predicted octanol–water partition coefficient (Wildman–Crippen LogP) is 3.20. The molecule has 128 valence electrons. The van der Waals surface area contributed by atoms with Crippen molar-refractivity contribution in [2.45, 2.75) is 40.0 Å². The van der Waals surface area contributed by atoms with Crippen molar-refractivity contribution in [2.24, 2.45) is 16.2 Å². The van der Waals surface area contributed by atoms with Crippen LogP contribution in [0.4, 0.5) is 5.69 Å². The van der Waals surface area contributed by atoms with Crippen molar-refractivity contribution >= 4 is 23.3 Å². The molecule has 0 heterocycles. The fourth-order valence-corrected chi connectivity index (χ4v) is 4.48. The van der Waals surface area contributed by atoms with Crippen LogP contribution in [0, 0.1) is 16.2 Å². The highest BCUT2D eigenvalue weighted by Crippen LogP contribution is 2.70. The van der Waals surface area contributed by atoms with E-state index in [4.69, 9.17) is 4.74 Å². The van der Waals surface area contributed by atoms with Crippen LogP contribution >= 0.6 is 0 Å². The fourth-order valence-electron chi connectivity index (χ4n) is 4.48. The first kappa shape index (κ1) is 16.7. The zero-order chi connectivity index (χ0) is 17.8. The maximum absolute atomic E-state index is 13.1. The van der Waals surface area contributed by atoms with Gasteiger partial charge in [-0.1, -0.05) is 32.9 Å². The second-order valence-corrected chi connectivity index (χ2v) is 7.63. The van der Waals surface area contributed by atoms with E-state index in [-0.39, 0.29) is 18.1 Å². The Morgan fingerprint density at radius 2 is 1.79 bits per heavy atom. The number of anilines is 1. The summed E-state index contributed by atoms with van der Waals surface area (Å²) in [5, 5.41) is 2.89. The number of ketones is 1. The highest BCUT2D eigenvalue weighted by atomic mass is 16.5. The molecule has 0 aliphatic heterocycles.